The van der Waals surface area contributed by atoms with Crippen molar-refractivity contribution >= 4 is 5.97 Å². The lowest BCUT2D eigenvalue weighted by atomic mass is 9.90. The Morgan fingerprint density at radius 3 is 2.69 bits per heavy atom. The molecule has 1 aliphatic carbocycles. The van der Waals surface area contributed by atoms with Gasteiger partial charge in [-0.25, -0.2) is 4.79 Å². The van der Waals surface area contributed by atoms with Gasteiger partial charge < -0.3 is 14.6 Å². The topological polar surface area (TPSA) is 55.8 Å². The molecule has 0 radical (unpaired) electrons. The normalized spacial score (nSPS) is 26.2. The highest BCUT2D eigenvalue weighted by Gasteiger charge is 2.26. The van der Waals surface area contributed by atoms with Crippen LogP contribution in [0.4, 0.5) is 0 Å². The first-order valence-corrected chi connectivity index (χ1v) is 12.4. The number of unbranched alkanes of at least 4 members (excludes halogenated alkanes) is 6. The largest absolute Gasteiger partial charge is 0.479 e. The van der Waals surface area contributed by atoms with Crippen LogP contribution in [0.2, 0.25) is 0 Å². The van der Waals surface area contributed by atoms with Crippen molar-refractivity contribution in [3.8, 4) is 0 Å². The Bertz CT molecular complexity index is 456. The molecule has 2 unspecified atom stereocenters. The molecule has 1 heterocycles. The van der Waals surface area contributed by atoms with E-state index in [9.17, 15) is 9.90 Å². The molecule has 0 bridgehead atoms. The monoisotopic (exact) mass is 408 g/mol. The van der Waals surface area contributed by atoms with E-state index in [1.807, 2.05) is 0 Å². The van der Waals surface area contributed by atoms with Gasteiger partial charge in [0.25, 0.3) is 0 Å². The fourth-order valence-corrected chi connectivity index (χ4v) is 4.80. The molecule has 1 saturated carbocycles. The Morgan fingerprint density at radius 2 is 1.93 bits per heavy atom. The molecule has 0 aromatic heterocycles. The van der Waals surface area contributed by atoms with Crippen LogP contribution in [0.5, 0.6) is 0 Å². The van der Waals surface area contributed by atoms with Gasteiger partial charge >= 0.3 is 5.97 Å². The molecule has 1 N–H and O–H groups in total. The van der Waals surface area contributed by atoms with Crippen LogP contribution >= 0.6 is 0 Å². The molecule has 29 heavy (non-hydrogen) atoms. The molecular formula is C25H44O4. The maximum absolute atomic E-state index is 11.5. The second-order valence-electron chi connectivity index (χ2n) is 9.03. The van der Waals surface area contributed by atoms with Crippen LogP contribution in [0.1, 0.15) is 110 Å². The van der Waals surface area contributed by atoms with Crippen LogP contribution in [0, 0.1) is 11.8 Å². The van der Waals surface area contributed by atoms with Crippen molar-refractivity contribution in [2.45, 2.75) is 122 Å². The molecule has 168 valence electrons. The van der Waals surface area contributed by atoms with Crippen molar-refractivity contribution in [3.05, 3.63) is 12.2 Å². The molecule has 0 aromatic carbocycles. The molecular weight excluding hydrogens is 364 g/mol. The maximum Gasteiger partial charge on any atom is 0.332 e. The summed E-state index contributed by atoms with van der Waals surface area (Å²) in [5.41, 5.74) is 0. The van der Waals surface area contributed by atoms with Gasteiger partial charge in [-0.15, -0.1) is 0 Å². The number of carboxylic acid groups (broad SMARTS) is 1. The minimum atomic E-state index is -0.848. The summed E-state index contributed by atoms with van der Waals surface area (Å²) in [7, 11) is 0. The average molecular weight is 409 g/mol. The lowest BCUT2D eigenvalue weighted by Gasteiger charge is -2.26. The van der Waals surface area contributed by atoms with Crippen molar-refractivity contribution in [1.29, 1.82) is 0 Å². The molecule has 4 nitrogen and oxygen atoms in total. The molecule has 0 spiro atoms. The van der Waals surface area contributed by atoms with E-state index in [1.54, 1.807) is 0 Å². The van der Waals surface area contributed by atoms with Gasteiger partial charge in [0.2, 0.25) is 0 Å². The zero-order valence-electron chi connectivity index (χ0n) is 18.7. The Morgan fingerprint density at radius 1 is 1.07 bits per heavy atom. The molecule has 4 heteroatoms. The number of hydrogen-bond acceptors (Lipinski definition) is 3. The Hall–Kier alpha value is -0.870. The van der Waals surface area contributed by atoms with E-state index >= 15 is 0 Å². The number of aliphatic carboxylic acids is 1. The lowest BCUT2D eigenvalue weighted by molar-refractivity contribution is -0.201. The summed E-state index contributed by atoms with van der Waals surface area (Å²) in [5.74, 6) is 0.767. The number of carboxylic acids is 1. The van der Waals surface area contributed by atoms with Crippen molar-refractivity contribution in [1.82, 2.24) is 0 Å². The van der Waals surface area contributed by atoms with Gasteiger partial charge in [-0.05, 0) is 69.6 Å². The number of ether oxygens (including phenoxy) is 2. The highest BCUT2D eigenvalue weighted by molar-refractivity contribution is 5.72. The third-order valence-electron chi connectivity index (χ3n) is 6.60. The summed E-state index contributed by atoms with van der Waals surface area (Å²) in [6.07, 6.45) is 22.6. The summed E-state index contributed by atoms with van der Waals surface area (Å²) in [6.45, 7) is 2.95. The van der Waals surface area contributed by atoms with Crippen molar-refractivity contribution in [3.63, 3.8) is 0 Å². The summed E-state index contributed by atoms with van der Waals surface area (Å²) in [5, 5.41) is 9.43. The lowest BCUT2D eigenvalue weighted by Crippen LogP contribution is -2.32. The van der Waals surface area contributed by atoms with Crippen molar-refractivity contribution in [2.75, 3.05) is 6.61 Å². The van der Waals surface area contributed by atoms with Crippen molar-refractivity contribution < 1.29 is 19.4 Å². The Balaban J connectivity index is 1.57. The van der Waals surface area contributed by atoms with Gasteiger partial charge in [0, 0.05) is 6.61 Å². The average Bonchev–Trinajstić information content (AvgIpc) is 3.17. The van der Waals surface area contributed by atoms with E-state index in [0.717, 1.165) is 43.9 Å². The number of hydrogen-bond donors (Lipinski definition) is 1. The smallest absolute Gasteiger partial charge is 0.332 e. The summed E-state index contributed by atoms with van der Waals surface area (Å²) in [6, 6.07) is 0. The molecule has 2 aliphatic rings. The molecule has 2 rings (SSSR count). The maximum atomic E-state index is 11.5. The van der Waals surface area contributed by atoms with E-state index in [4.69, 9.17) is 9.47 Å². The molecule has 2 fully saturated rings. The van der Waals surface area contributed by atoms with Gasteiger partial charge in [0.05, 0.1) is 0 Å². The predicted molar refractivity (Wildman–Crippen MR) is 118 cm³/mol. The number of rotatable bonds is 15. The molecule has 0 amide bonds. The zero-order chi connectivity index (χ0) is 20.7. The van der Waals surface area contributed by atoms with Crippen LogP contribution in [0.25, 0.3) is 0 Å². The predicted octanol–water partition coefficient (Wildman–Crippen LogP) is 6.88. The fourth-order valence-electron chi connectivity index (χ4n) is 4.80. The molecule has 4 atom stereocenters. The highest BCUT2D eigenvalue weighted by Crippen LogP contribution is 2.36. The minimum absolute atomic E-state index is 0.321. The molecule has 0 aromatic rings. The first-order valence-electron chi connectivity index (χ1n) is 12.4. The molecule has 1 saturated heterocycles. The third kappa shape index (κ3) is 10.1. The van der Waals surface area contributed by atoms with E-state index in [2.05, 4.69) is 19.1 Å². The zero-order valence-corrected chi connectivity index (χ0v) is 18.7. The van der Waals surface area contributed by atoms with Crippen LogP contribution in [-0.2, 0) is 14.3 Å². The van der Waals surface area contributed by atoms with E-state index in [0.29, 0.717) is 13.0 Å². The number of carbonyl (C=O) groups is 1. The van der Waals surface area contributed by atoms with Crippen LogP contribution in [0.15, 0.2) is 12.2 Å². The second-order valence-corrected chi connectivity index (χ2v) is 9.03. The highest BCUT2D eigenvalue weighted by atomic mass is 16.7. The van der Waals surface area contributed by atoms with E-state index in [-0.39, 0.29) is 6.29 Å². The van der Waals surface area contributed by atoms with E-state index in [1.165, 1.54) is 64.2 Å². The SMILES string of the molecule is CCCCCCC=C[C@H]1CCC[C@@H]1CCCCCC(OC1CCCCO1)C(=O)O. The second kappa shape index (κ2) is 15.0. The number of allylic oxidation sites excluding steroid dienone is 2. The van der Waals surface area contributed by atoms with Gasteiger partial charge in [-0.1, -0.05) is 64.0 Å². The van der Waals surface area contributed by atoms with Crippen molar-refractivity contribution in [2.24, 2.45) is 11.8 Å². The fraction of sp³-hybridized carbons (Fsp3) is 0.880. The van der Waals surface area contributed by atoms with Crippen LogP contribution in [0.3, 0.4) is 0 Å². The van der Waals surface area contributed by atoms with E-state index < -0.39 is 12.1 Å². The van der Waals surface area contributed by atoms with Crippen LogP contribution in [-0.4, -0.2) is 30.1 Å². The summed E-state index contributed by atoms with van der Waals surface area (Å²) in [4.78, 5) is 11.5. The summed E-state index contributed by atoms with van der Waals surface area (Å²) >= 11 is 0. The summed E-state index contributed by atoms with van der Waals surface area (Å²) < 4.78 is 11.2. The van der Waals surface area contributed by atoms with Gasteiger partial charge in [0.15, 0.2) is 12.4 Å². The minimum Gasteiger partial charge on any atom is -0.479 e. The van der Waals surface area contributed by atoms with Gasteiger partial charge in [-0.2, -0.15) is 0 Å². The van der Waals surface area contributed by atoms with Gasteiger partial charge in [0.1, 0.15) is 0 Å². The quantitative estimate of drug-likeness (QED) is 0.237. The van der Waals surface area contributed by atoms with Crippen LogP contribution < -0.4 is 0 Å². The van der Waals surface area contributed by atoms with Gasteiger partial charge in [-0.3, -0.25) is 0 Å². The molecule has 1 aliphatic heterocycles. The Labute approximate surface area is 178 Å². The Kier molecular flexibility index (Phi) is 12.6. The standard InChI is InChI=1S/C25H44O4/c1-2-3-4-5-6-8-14-21-16-13-17-22(21)15-9-7-10-18-23(25(26)27)29-24-19-11-12-20-28-24/h8,14,21-24H,2-7,9-13,15-20H2,1H3,(H,26,27)/t21-,22-,23?,24?/m0/s1. The third-order valence-corrected chi connectivity index (χ3v) is 6.60. The first-order chi connectivity index (χ1) is 14.2. The first kappa shape index (κ1) is 24.4.